The number of aliphatic hydroxyl groups excluding tert-OH is 1. The number of anilines is 1. The summed E-state index contributed by atoms with van der Waals surface area (Å²) in [5.41, 5.74) is 3.85. The van der Waals surface area contributed by atoms with Gasteiger partial charge in [-0.2, -0.15) is 15.5 Å². The molecule has 3 aromatic rings. The Bertz CT molecular complexity index is 1000. The average Bonchev–Trinajstić information content (AvgIpc) is 3.19. The summed E-state index contributed by atoms with van der Waals surface area (Å²) in [7, 11) is 1.97. The van der Waals surface area contributed by atoms with E-state index >= 15 is 0 Å². The molecule has 1 fully saturated rings. The third-order valence-electron chi connectivity index (χ3n) is 5.36. The van der Waals surface area contributed by atoms with Gasteiger partial charge in [0.2, 0.25) is 0 Å². The van der Waals surface area contributed by atoms with E-state index in [4.69, 9.17) is 0 Å². The Labute approximate surface area is 163 Å². The molecule has 3 heterocycles. The van der Waals surface area contributed by atoms with E-state index in [0.717, 1.165) is 48.6 Å². The molecule has 1 aromatic carbocycles. The first-order chi connectivity index (χ1) is 13.7. The molecule has 1 saturated heterocycles. The molecule has 1 N–H and O–H groups in total. The Morgan fingerprint density at radius 3 is 2.61 bits per heavy atom. The first-order valence-corrected chi connectivity index (χ1v) is 9.25. The number of hydrogen-bond donors (Lipinski definition) is 1. The highest BCUT2D eigenvalue weighted by atomic mass is 16.3. The maximum atomic E-state index is 9.83. The van der Waals surface area contributed by atoms with Crippen molar-refractivity contribution in [2.24, 2.45) is 7.05 Å². The number of benzene rings is 1. The van der Waals surface area contributed by atoms with Crippen LogP contribution in [0.5, 0.6) is 0 Å². The summed E-state index contributed by atoms with van der Waals surface area (Å²) in [4.78, 5) is 2.24. The van der Waals surface area contributed by atoms with Gasteiger partial charge < -0.3 is 14.6 Å². The Morgan fingerprint density at radius 1 is 1.18 bits per heavy atom. The van der Waals surface area contributed by atoms with Crippen LogP contribution >= 0.6 is 0 Å². The normalized spacial score (nSPS) is 14.8. The van der Waals surface area contributed by atoms with E-state index in [1.54, 1.807) is 18.7 Å². The van der Waals surface area contributed by atoms with E-state index in [1.165, 1.54) is 0 Å². The topological polar surface area (TPSA) is 104 Å². The molecule has 1 aliphatic rings. The van der Waals surface area contributed by atoms with E-state index in [9.17, 15) is 10.4 Å². The van der Waals surface area contributed by atoms with Gasteiger partial charge in [0.1, 0.15) is 18.2 Å². The van der Waals surface area contributed by atoms with Crippen LogP contribution in [0.4, 0.5) is 5.69 Å². The van der Waals surface area contributed by atoms with E-state index in [-0.39, 0.29) is 6.61 Å². The van der Waals surface area contributed by atoms with Crippen LogP contribution in [0.25, 0.3) is 11.1 Å². The fourth-order valence-electron chi connectivity index (χ4n) is 3.92. The molecule has 4 rings (SSSR count). The summed E-state index contributed by atoms with van der Waals surface area (Å²) >= 11 is 0. The second-order valence-corrected chi connectivity index (χ2v) is 6.96. The van der Waals surface area contributed by atoms with Gasteiger partial charge in [-0.15, -0.1) is 10.2 Å². The molecule has 2 aromatic heterocycles. The van der Waals surface area contributed by atoms with Gasteiger partial charge >= 0.3 is 0 Å². The Balaban J connectivity index is 1.71. The molecule has 0 amide bonds. The maximum absolute atomic E-state index is 9.83. The molecule has 0 aliphatic carbocycles. The van der Waals surface area contributed by atoms with Gasteiger partial charge in [0.25, 0.3) is 0 Å². The first-order valence-electron chi connectivity index (χ1n) is 9.25. The SMILES string of the molecule is Cn1cnnc1C1CCN(c2c(-c3ccnnc3)ccc(CO)c2C#N)CC1. The largest absolute Gasteiger partial charge is 0.392 e. The molecule has 0 unspecified atom stereocenters. The molecule has 0 saturated carbocycles. The number of aryl methyl sites for hydroxylation is 1. The van der Waals surface area contributed by atoms with Gasteiger partial charge in [-0.05, 0) is 24.5 Å². The van der Waals surface area contributed by atoms with Gasteiger partial charge in [-0.3, -0.25) is 0 Å². The second-order valence-electron chi connectivity index (χ2n) is 6.96. The number of nitriles is 1. The summed E-state index contributed by atoms with van der Waals surface area (Å²) in [5.74, 6) is 1.35. The third kappa shape index (κ3) is 3.21. The van der Waals surface area contributed by atoms with Crippen molar-refractivity contribution in [3.05, 3.63) is 53.9 Å². The van der Waals surface area contributed by atoms with Gasteiger partial charge in [0.05, 0.1) is 30.3 Å². The summed E-state index contributed by atoms with van der Waals surface area (Å²) in [6.07, 6.45) is 6.93. The van der Waals surface area contributed by atoms with Crippen LogP contribution in [0, 0.1) is 11.3 Å². The van der Waals surface area contributed by atoms with Crippen LogP contribution in [0.1, 0.15) is 35.7 Å². The van der Waals surface area contributed by atoms with Crippen molar-refractivity contribution in [1.82, 2.24) is 25.0 Å². The minimum atomic E-state index is -0.166. The third-order valence-corrected chi connectivity index (χ3v) is 5.36. The van der Waals surface area contributed by atoms with Crippen LogP contribution in [-0.4, -0.2) is 43.2 Å². The van der Waals surface area contributed by atoms with Gasteiger partial charge in [-0.1, -0.05) is 12.1 Å². The predicted molar refractivity (Wildman–Crippen MR) is 103 cm³/mol. The zero-order valence-corrected chi connectivity index (χ0v) is 15.7. The van der Waals surface area contributed by atoms with Gasteiger partial charge in [0, 0.05) is 37.2 Å². The number of nitrogens with zero attached hydrogens (tertiary/aromatic N) is 7. The summed E-state index contributed by atoms with van der Waals surface area (Å²) in [6.45, 7) is 1.43. The number of piperidine rings is 1. The molecule has 8 heteroatoms. The Kier molecular flexibility index (Phi) is 5.00. The summed E-state index contributed by atoms with van der Waals surface area (Å²) < 4.78 is 1.97. The standard InChI is InChI=1S/C20H21N7O/c1-26-13-24-25-20(26)14-5-8-27(9-6-14)19-17(15-4-7-22-23-11-15)3-2-16(12-28)18(19)10-21/h2-4,7,11,13-14,28H,5-6,8-9,12H2,1H3. The lowest BCUT2D eigenvalue weighted by molar-refractivity contribution is 0.281. The van der Waals surface area contributed by atoms with Crippen LogP contribution < -0.4 is 4.90 Å². The highest BCUT2D eigenvalue weighted by Gasteiger charge is 2.27. The van der Waals surface area contributed by atoms with Crippen LogP contribution in [-0.2, 0) is 13.7 Å². The molecule has 0 atom stereocenters. The molecule has 1 aliphatic heterocycles. The molecular formula is C20H21N7O. The quantitative estimate of drug-likeness (QED) is 0.744. The van der Waals surface area contributed by atoms with Crippen molar-refractivity contribution < 1.29 is 5.11 Å². The smallest absolute Gasteiger partial charge is 0.135 e. The number of aliphatic hydroxyl groups is 1. The second kappa shape index (κ2) is 7.74. The molecule has 142 valence electrons. The fraction of sp³-hybridized carbons (Fsp3) is 0.350. The average molecular weight is 375 g/mol. The van der Waals surface area contributed by atoms with Crippen LogP contribution in [0.2, 0.25) is 0 Å². The van der Waals surface area contributed by atoms with Crippen molar-refractivity contribution >= 4 is 5.69 Å². The minimum absolute atomic E-state index is 0.166. The number of aromatic nitrogens is 5. The molecular weight excluding hydrogens is 354 g/mol. The predicted octanol–water partition coefficient (Wildman–Crippen LogP) is 2.02. The zero-order valence-electron chi connectivity index (χ0n) is 15.7. The molecule has 0 bridgehead atoms. The van der Waals surface area contributed by atoms with Gasteiger partial charge in [0.15, 0.2) is 0 Å². The van der Waals surface area contributed by atoms with Gasteiger partial charge in [-0.25, -0.2) is 0 Å². The van der Waals surface area contributed by atoms with E-state index in [0.29, 0.717) is 17.0 Å². The highest BCUT2D eigenvalue weighted by molar-refractivity contribution is 5.83. The Morgan fingerprint density at radius 2 is 2.00 bits per heavy atom. The number of rotatable bonds is 4. The molecule has 28 heavy (non-hydrogen) atoms. The lowest BCUT2D eigenvalue weighted by Gasteiger charge is -2.35. The van der Waals surface area contributed by atoms with Crippen molar-refractivity contribution in [3.63, 3.8) is 0 Å². The lowest BCUT2D eigenvalue weighted by Crippen LogP contribution is -2.34. The molecule has 0 spiro atoms. The highest BCUT2D eigenvalue weighted by Crippen LogP contribution is 2.38. The lowest BCUT2D eigenvalue weighted by atomic mass is 9.92. The van der Waals surface area contributed by atoms with E-state index < -0.39 is 0 Å². The first kappa shape index (κ1) is 18.1. The van der Waals surface area contributed by atoms with Crippen LogP contribution in [0.15, 0.2) is 36.9 Å². The maximum Gasteiger partial charge on any atom is 0.135 e. The van der Waals surface area contributed by atoms with Crippen molar-refractivity contribution in [2.45, 2.75) is 25.4 Å². The minimum Gasteiger partial charge on any atom is -0.392 e. The summed E-state index contributed by atoms with van der Waals surface area (Å²) in [6, 6.07) is 7.95. The Hall–Kier alpha value is -3.31. The van der Waals surface area contributed by atoms with E-state index in [1.807, 2.05) is 29.8 Å². The van der Waals surface area contributed by atoms with Crippen molar-refractivity contribution in [3.8, 4) is 17.2 Å². The summed E-state index contributed by atoms with van der Waals surface area (Å²) in [5, 5.41) is 35.6. The van der Waals surface area contributed by atoms with Crippen molar-refractivity contribution in [1.29, 1.82) is 5.26 Å². The number of hydrogen-bond acceptors (Lipinski definition) is 7. The fourth-order valence-corrected chi connectivity index (χ4v) is 3.92. The molecule has 8 nitrogen and oxygen atoms in total. The van der Waals surface area contributed by atoms with E-state index in [2.05, 4.69) is 31.4 Å². The monoisotopic (exact) mass is 375 g/mol. The zero-order chi connectivity index (χ0) is 19.5. The molecule has 0 radical (unpaired) electrons. The van der Waals surface area contributed by atoms with Crippen LogP contribution in [0.3, 0.4) is 0 Å². The van der Waals surface area contributed by atoms with Crippen molar-refractivity contribution in [2.75, 3.05) is 18.0 Å².